The van der Waals surface area contributed by atoms with Crippen LogP contribution >= 0.6 is 12.2 Å². The third kappa shape index (κ3) is 3.57. The maximum Gasteiger partial charge on any atom is 0.266 e. The van der Waals surface area contributed by atoms with E-state index in [1.54, 1.807) is 18.2 Å². The Bertz CT molecular complexity index is 1140. The van der Waals surface area contributed by atoms with Gasteiger partial charge in [0.2, 0.25) is 0 Å². The first-order valence-corrected chi connectivity index (χ1v) is 9.40. The van der Waals surface area contributed by atoms with Crippen molar-refractivity contribution in [3.8, 4) is 5.69 Å². The number of hydrogen-bond acceptors (Lipinski definition) is 3. The molecule has 3 rings (SSSR count). The molecule has 0 aliphatic rings. The third-order valence-corrected chi connectivity index (χ3v) is 5.25. The van der Waals surface area contributed by atoms with Gasteiger partial charge >= 0.3 is 0 Å². The van der Waals surface area contributed by atoms with Crippen molar-refractivity contribution in [2.45, 2.75) is 40.2 Å². The molecule has 0 saturated carbocycles. The summed E-state index contributed by atoms with van der Waals surface area (Å²) in [4.78, 5) is 28.6. The third-order valence-electron chi connectivity index (χ3n) is 4.97. The topological polar surface area (TPSA) is 66.9 Å². The van der Waals surface area contributed by atoms with E-state index in [-0.39, 0.29) is 17.5 Å². The van der Waals surface area contributed by atoms with Crippen LogP contribution in [0.5, 0.6) is 0 Å². The Morgan fingerprint density at radius 1 is 1.26 bits per heavy atom. The molecule has 1 amide bonds. The molecule has 3 aromatic rings. The molecule has 2 aromatic carbocycles. The lowest BCUT2D eigenvalue weighted by atomic mass is 10.1. The van der Waals surface area contributed by atoms with Gasteiger partial charge < -0.3 is 10.3 Å². The number of rotatable bonds is 4. The second-order valence-electron chi connectivity index (χ2n) is 6.83. The number of nitrogens with one attached hydrogen (secondary N) is 2. The van der Waals surface area contributed by atoms with Crippen LogP contribution in [0.2, 0.25) is 0 Å². The monoisotopic (exact) mass is 381 g/mol. The normalized spacial score (nSPS) is 12.1. The van der Waals surface area contributed by atoms with Gasteiger partial charge in [-0.05, 0) is 74.8 Å². The first-order valence-electron chi connectivity index (χ1n) is 9.00. The Morgan fingerprint density at radius 3 is 2.70 bits per heavy atom. The summed E-state index contributed by atoms with van der Waals surface area (Å²) in [6, 6.07) is 10.9. The Morgan fingerprint density at radius 2 is 2.00 bits per heavy atom. The summed E-state index contributed by atoms with van der Waals surface area (Å²) in [5.74, 6) is -0.163. The van der Waals surface area contributed by atoms with E-state index in [1.165, 1.54) is 4.57 Å². The van der Waals surface area contributed by atoms with Crippen LogP contribution in [0.25, 0.3) is 16.6 Å². The molecule has 1 atom stereocenters. The summed E-state index contributed by atoms with van der Waals surface area (Å²) in [5.41, 5.74) is 3.72. The number of benzene rings is 2. The van der Waals surface area contributed by atoms with Crippen LogP contribution in [0.1, 0.15) is 41.8 Å². The second kappa shape index (κ2) is 7.48. The first-order chi connectivity index (χ1) is 12.8. The van der Waals surface area contributed by atoms with E-state index in [0.29, 0.717) is 21.2 Å². The lowest BCUT2D eigenvalue weighted by Gasteiger charge is -2.14. The van der Waals surface area contributed by atoms with Crippen LogP contribution in [0.15, 0.2) is 41.2 Å². The summed E-state index contributed by atoms with van der Waals surface area (Å²) < 4.78 is 1.82. The molecule has 0 spiro atoms. The maximum atomic E-state index is 13.1. The van der Waals surface area contributed by atoms with E-state index >= 15 is 0 Å². The molecule has 0 bridgehead atoms. The van der Waals surface area contributed by atoms with Crippen LogP contribution < -0.4 is 10.9 Å². The lowest BCUT2D eigenvalue weighted by molar-refractivity contribution is 0.0939. The van der Waals surface area contributed by atoms with Crippen molar-refractivity contribution in [1.82, 2.24) is 14.9 Å². The zero-order valence-electron chi connectivity index (χ0n) is 15.9. The molecular formula is C21H23N3O2S. The Hall–Kier alpha value is -2.73. The predicted octanol–water partition coefficient (Wildman–Crippen LogP) is 4.19. The number of hydrogen-bond donors (Lipinski definition) is 2. The highest BCUT2D eigenvalue weighted by Crippen LogP contribution is 2.18. The van der Waals surface area contributed by atoms with E-state index in [0.717, 1.165) is 23.2 Å². The average molecular weight is 382 g/mol. The van der Waals surface area contributed by atoms with Gasteiger partial charge in [-0.3, -0.25) is 14.2 Å². The zero-order valence-corrected chi connectivity index (χ0v) is 16.7. The first kappa shape index (κ1) is 19.0. The number of H-pyrrole nitrogens is 1. The Labute approximate surface area is 163 Å². The van der Waals surface area contributed by atoms with Crippen LogP contribution in [-0.2, 0) is 0 Å². The van der Waals surface area contributed by atoms with E-state index in [9.17, 15) is 9.59 Å². The molecule has 0 aliphatic carbocycles. The van der Waals surface area contributed by atoms with Crippen molar-refractivity contribution >= 4 is 29.0 Å². The van der Waals surface area contributed by atoms with Crippen molar-refractivity contribution in [3.05, 3.63) is 68.2 Å². The van der Waals surface area contributed by atoms with Gasteiger partial charge in [0.05, 0.1) is 16.6 Å². The standard InChI is InChI=1S/C21H23N3O2S/c1-5-13(3)22-19(25)15-9-10-16-17(11-15)23-21(27)24(20(16)26)18-8-6-7-12(2)14(18)4/h6-11,13H,5H2,1-4H3,(H,22,25)(H,23,27). The van der Waals surface area contributed by atoms with Crippen molar-refractivity contribution < 1.29 is 4.79 Å². The number of aromatic amines is 1. The Balaban J connectivity index is 2.15. The smallest absolute Gasteiger partial charge is 0.266 e. The predicted molar refractivity (Wildman–Crippen MR) is 111 cm³/mol. The van der Waals surface area contributed by atoms with Crippen LogP contribution in [0.3, 0.4) is 0 Å². The SMILES string of the molecule is CCC(C)NC(=O)c1ccc2c(=O)n(-c3cccc(C)c3C)c(=S)[nH]c2c1. The fourth-order valence-electron chi connectivity index (χ4n) is 2.97. The molecule has 1 aromatic heterocycles. The highest BCUT2D eigenvalue weighted by Gasteiger charge is 2.13. The number of amides is 1. The maximum absolute atomic E-state index is 13.1. The van der Waals surface area contributed by atoms with Crippen LogP contribution in [0, 0.1) is 18.6 Å². The summed E-state index contributed by atoms with van der Waals surface area (Å²) in [7, 11) is 0. The molecule has 0 saturated heterocycles. The number of aromatic nitrogens is 2. The van der Waals surface area contributed by atoms with E-state index in [4.69, 9.17) is 12.2 Å². The average Bonchev–Trinajstić information content (AvgIpc) is 2.64. The number of carbonyl (C=O) groups excluding carboxylic acids is 1. The molecule has 0 fully saturated rings. The quantitative estimate of drug-likeness (QED) is 0.666. The minimum absolute atomic E-state index is 0.0870. The number of nitrogens with zero attached hydrogens (tertiary/aromatic N) is 1. The Kier molecular flexibility index (Phi) is 5.28. The highest BCUT2D eigenvalue weighted by molar-refractivity contribution is 7.71. The molecule has 2 N–H and O–H groups in total. The lowest BCUT2D eigenvalue weighted by Crippen LogP contribution is -2.32. The number of carbonyl (C=O) groups is 1. The fraction of sp³-hybridized carbons (Fsp3) is 0.286. The van der Waals surface area contributed by atoms with Gasteiger partial charge in [0.1, 0.15) is 0 Å². The zero-order chi connectivity index (χ0) is 19.7. The molecule has 6 heteroatoms. The number of aryl methyl sites for hydroxylation is 1. The van der Waals surface area contributed by atoms with Gasteiger partial charge in [-0.2, -0.15) is 0 Å². The summed E-state index contributed by atoms with van der Waals surface area (Å²) in [6.07, 6.45) is 0.850. The molecule has 0 aliphatic heterocycles. The van der Waals surface area contributed by atoms with Gasteiger partial charge in [0.15, 0.2) is 4.77 Å². The molecule has 140 valence electrons. The van der Waals surface area contributed by atoms with Crippen LogP contribution in [-0.4, -0.2) is 21.5 Å². The molecular weight excluding hydrogens is 358 g/mol. The van der Waals surface area contributed by atoms with Crippen LogP contribution in [0.4, 0.5) is 0 Å². The fourth-order valence-corrected chi connectivity index (χ4v) is 3.26. The van der Waals surface area contributed by atoms with Crippen molar-refractivity contribution in [1.29, 1.82) is 0 Å². The summed E-state index contributed by atoms with van der Waals surface area (Å²) >= 11 is 5.46. The molecule has 1 unspecified atom stereocenters. The van der Waals surface area contributed by atoms with Gasteiger partial charge in [-0.25, -0.2) is 0 Å². The van der Waals surface area contributed by atoms with E-state index < -0.39 is 0 Å². The minimum atomic E-state index is -0.198. The van der Waals surface area contributed by atoms with Crippen molar-refractivity contribution in [3.63, 3.8) is 0 Å². The molecule has 1 heterocycles. The summed E-state index contributed by atoms with van der Waals surface area (Å²) in [5, 5.41) is 3.42. The van der Waals surface area contributed by atoms with E-state index in [1.807, 2.05) is 45.9 Å². The minimum Gasteiger partial charge on any atom is -0.350 e. The van der Waals surface area contributed by atoms with Gasteiger partial charge in [0, 0.05) is 11.6 Å². The molecule has 27 heavy (non-hydrogen) atoms. The number of fused-ring (bicyclic) bond motifs is 1. The van der Waals surface area contributed by atoms with E-state index in [2.05, 4.69) is 10.3 Å². The van der Waals surface area contributed by atoms with Gasteiger partial charge in [0.25, 0.3) is 11.5 Å². The molecule has 5 nitrogen and oxygen atoms in total. The van der Waals surface area contributed by atoms with Crippen molar-refractivity contribution in [2.24, 2.45) is 0 Å². The second-order valence-corrected chi connectivity index (χ2v) is 7.22. The largest absolute Gasteiger partial charge is 0.350 e. The highest BCUT2D eigenvalue weighted by atomic mass is 32.1. The van der Waals surface area contributed by atoms with Gasteiger partial charge in [-0.1, -0.05) is 19.1 Å². The van der Waals surface area contributed by atoms with Gasteiger partial charge in [-0.15, -0.1) is 0 Å². The molecule has 0 radical (unpaired) electrons. The van der Waals surface area contributed by atoms with Crippen molar-refractivity contribution in [2.75, 3.05) is 0 Å². The summed E-state index contributed by atoms with van der Waals surface area (Å²) in [6.45, 7) is 7.94.